The topological polar surface area (TPSA) is 106 Å². The number of ether oxygens (including phenoxy) is 2. The van der Waals surface area contributed by atoms with Crippen molar-refractivity contribution < 1.29 is 19.1 Å². The number of benzene rings is 2. The summed E-state index contributed by atoms with van der Waals surface area (Å²) in [5.41, 5.74) is 8.14. The van der Waals surface area contributed by atoms with E-state index < -0.39 is 17.9 Å². The van der Waals surface area contributed by atoms with E-state index in [2.05, 4.69) is 12.6 Å². The lowest BCUT2D eigenvalue weighted by molar-refractivity contribution is -0.139. The maximum absolute atomic E-state index is 13.0. The first-order chi connectivity index (χ1) is 15.0. The van der Waals surface area contributed by atoms with Crippen molar-refractivity contribution in [1.29, 1.82) is 5.26 Å². The summed E-state index contributed by atoms with van der Waals surface area (Å²) in [6.45, 7) is 3.80. The van der Waals surface area contributed by atoms with Gasteiger partial charge in [-0.25, -0.2) is 9.59 Å². The third-order valence-corrected chi connectivity index (χ3v) is 5.01. The third kappa shape index (κ3) is 3.67. The lowest BCUT2D eigenvalue weighted by atomic mass is 9.80. The first-order valence-electron chi connectivity index (χ1n) is 9.37. The van der Waals surface area contributed by atoms with E-state index in [1.807, 2.05) is 0 Å². The molecule has 0 radical (unpaired) electrons. The number of hydrogen-bond acceptors (Lipinski definition) is 7. The number of nitrogens with zero attached hydrogens (tertiary/aromatic N) is 2. The van der Waals surface area contributed by atoms with Crippen LogP contribution >= 0.6 is 0 Å². The Labute approximate surface area is 180 Å². The number of para-hydroxylation sites is 1. The van der Waals surface area contributed by atoms with Gasteiger partial charge in [-0.3, -0.25) is 4.90 Å². The fourth-order valence-electron chi connectivity index (χ4n) is 3.63. The Hall–Kier alpha value is -4.31. The number of nitriles is 1. The highest BCUT2D eigenvalue weighted by atomic mass is 16.5. The first kappa shape index (κ1) is 21.4. The molecule has 2 N–H and O–H groups in total. The molecule has 0 amide bonds. The van der Waals surface area contributed by atoms with Gasteiger partial charge in [0.25, 0.3) is 0 Å². The van der Waals surface area contributed by atoms with Crippen LogP contribution in [-0.2, 0) is 19.1 Å². The van der Waals surface area contributed by atoms with E-state index in [9.17, 15) is 14.9 Å². The highest BCUT2D eigenvalue weighted by Gasteiger charge is 2.43. The lowest BCUT2D eigenvalue weighted by Gasteiger charge is -2.36. The molecule has 0 saturated carbocycles. The Kier molecular flexibility index (Phi) is 6.22. The molecule has 0 aliphatic carbocycles. The average Bonchev–Trinajstić information content (AvgIpc) is 2.82. The molecule has 1 aliphatic rings. The van der Waals surface area contributed by atoms with Crippen LogP contribution in [0.25, 0.3) is 6.08 Å². The molecule has 1 aliphatic heterocycles. The van der Waals surface area contributed by atoms with Gasteiger partial charge >= 0.3 is 11.9 Å². The van der Waals surface area contributed by atoms with Crippen molar-refractivity contribution in [2.24, 2.45) is 5.73 Å². The third-order valence-electron chi connectivity index (χ3n) is 5.01. The molecular formula is C24H21N3O4. The van der Waals surface area contributed by atoms with Gasteiger partial charge in [0.05, 0.1) is 43.0 Å². The standard InChI is InChI=1S/C24H21N3O4/c1-4-15-10-8-9-13-18(15)27-21(24(29)31-3)20(23(28)30-2)19(17(14-25)22(27)26)16-11-6-5-7-12-16/h4-13,19H,1,26H2,2-3H3. The van der Waals surface area contributed by atoms with Crippen LogP contribution in [0.5, 0.6) is 0 Å². The van der Waals surface area contributed by atoms with Gasteiger partial charge in [-0.1, -0.05) is 61.2 Å². The van der Waals surface area contributed by atoms with Crippen LogP contribution in [0.3, 0.4) is 0 Å². The van der Waals surface area contributed by atoms with Crippen molar-refractivity contribution in [2.75, 3.05) is 19.1 Å². The molecule has 7 heteroatoms. The van der Waals surface area contributed by atoms with Crippen molar-refractivity contribution in [2.45, 2.75) is 5.92 Å². The Morgan fingerprint density at radius 1 is 1.06 bits per heavy atom. The zero-order valence-electron chi connectivity index (χ0n) is 17.2. The Bertz CT molecular complexity index is 1140. The van der Waals surface area contributed by atoms with Crippen LogP contribution in [0.15, 0.2) is 83.8 Å². The molecule has 0 aromatic heterocycles. The van der Waals surface area contributed by atoms with Gasteiger partial charge in [0.15, 0.2) is 0 Å². The van der Waals surface area contributed by atoms with Gasteiger partial charge in [0.1, 0.15) is 11.5 Å². The number of rotatable bonds is 5. The van der Waals surface area contributed by atoms with E-state index in [0.717, 1.165) is 0 Å². The van der Waals surface area contributed by atoms with Crippen LogP contribution in [0.2, 0.25) is 0 Å². The molecule has 0 saturated heterocycles. The number of hydrogen-bond donors (Lipinski definition) is 1. The van der Waals surface area contributed by atoms with Crippen molar-refractivity contribution in [3.05, 3.63) is 95.0 Å². The zero-order chi connectivity index (χ0) is 22.5. The van der Waals surface area contributed by atoms with E-state index >= 15 is 0 Å². The molecule has 31 heavy (non-hydrogen) atoms. The van der Waals surface area contributed by atoms with Gasteiger partial charge in [0.2, 0.25) is 0 Å². The largest absolute Gasteiger partial charge is 0.466 e. The summed E-state index contributed by atoms with van der Waals surface area (Å²) in [6.07, 6.45) is 1.59. The fraction of sp³-hybridized carbons (Fsp3) is 0.125. The summed E-state index contributed by atoms with van der Waals surface area (Å²) >= 11 is 0. The summed E-state index contributed by atoms with van der Waals surface area (Å²) < 4.78 is 10.0. The van der Waals surface area contributed by atoms with E-state index in [1.165, 1.54) is 19.1 Å². The number of carbonyl (C=O) groups is 2. The highest BCUT2D eigenvalue weighted by molar-refractivity contribution is 6.06. The van der Waals surface area contributed by atoms with Gasteiger partial charge in [-0.15, -0.1) is 0 Å². The molecule has 2 aromatic carbocycles. The van der Waals surface area contributed by atoms with Crippen LogP contribution in [-0.4, -0.2) is 26.2 Å². The van der Waals surface area contributed by atoms with Crippen molar-refractivity contribution in [1.82, 2.24) is 0 Å². The van der Waals surface area contributed by atoms with Crippen LogP contribution in [0, 0.1) is 11.3 Å². The maximum atomic E-state index is 13.0. The molecule has 1 unspecified atom stereocenters. The second kappa shape index (κ2) is 9.01. The summed E-state index contributed by atoms with van der Waals surface area (Å²) in [5.74, 6) is -2.45. The Morgan fingerprint density at radius 2 is 1.68 bits per heavy atom. The predicted molar refractivity (Wildman–Crippen MR) is 116 cm³/mol. The minimum absolute atomic E-state index is 0.0127. The Morgan fingerprint density at radius 3 is 2.26 bits per heavy atom. The first-order valence-corrected chi connectivity index (χ1v) is 9.37. The Balaban J connectivity index is 2.45. The molecule has 1 atom stereocenters. The SMILES string of the molecule is C=Cc1ccccc1N1C(N)=C(C#N)C(c2ccccc2)C(C(=O)OC)=C1C(=O)OC. The molecule has 1 heterocycles. The normalized spacial score (nSPS) is 15.9. The van der Waals surface area contributed by atoms with E-state index in [0.29, 0.717) is 16.8 Å². The molecule has 2 aromatic rings. The molecule has 3 rings (SSSR count). The average molecular weight is 415 g/mol. The second-order valence-electron chi connectivity index (χ2n) is 6.60. The van der Waals surface area contributed by atoms with E-state index in [-0.39, 0.29) is 22.7 Å². The van der Waals surface area contributed by atoms with Gasteiger partial charge in [-0.2, -0.15) is 5.26 Å². The van der Waals surface area contributed by atoms with Crippen molar-refractivity contribution >= 4 is 23.7 Å². The van der Waals surface area contributed by atoms with Crippen molar-refractivity contribution in [3.63, 3.8) is 0 Å². The molecule has 7 nitrogen and oxygen atoms in total. The van der Waals surface area contributed by atoms with E-state index in [1.54, 1.807) is 60.7 Å². The molecule has 0 spiro atoms. The molecule has 0 fully saturated rings. The quantitative estimate of drug-likeness (QED) is 0.747. The lowest BCUT2D eigenvalue weighted by Crippen LogP contribution is -2.41. The number of nitrogens with two attached hydrogens (primary N) is 1. The number of methoxy groups -OCH3 is 2. The highest BCUT2D eigenvalue weighted by Crippen LogP contribution is 2.43. The minimum atomic E-state index is -0.903. The summed E-state index contributed by atoms with van der Waals surface area (Å²) in [4.78, 5) is 27.3. The maximum Gasteiger partial charge on any atom is 0.355 e. The van der Waals surface area contributed by atoms with Gasteiger partial charge in [0, 0.05) is 0 Å². The predicted octanol–water partition coefficient (Wildman–Crippen LogP) is 3.23. The summed E-state index contributed by atoms with van der Waals surface area (Å²) in [6, 6.07) is 18.0. The number of allylic oxidation sites excluding steroid dienone is 1. The molecule has 156 valence electrons. The number of anilines is 1. The zero-order valence-corrected chi connectivity index (χ0v) is 17.2. The minimum Gasteiger partial charge on any atom is -0.466 e. The van der Waals surface area contributed by atoms with Gasteiger partial charge < -0.3 is 15.2 Å². The van der Waals surface area contributed by atoms with Gasteiger partial charge in [-0.05, 0) is 17.2 Å². The number of carbonyl (C=O) groups excluding carboxylic acids is 2. The molecular weight excluding hydrogens is 394 g/mol. The smallest absolute Gasteiger partial charge is 0.355 e. The van der Waals surface area contributed by atoms with Crippen LogP contribution in [0.4, 0.5) is 5.69 Å². The summed E-state index contributed by atoms with van der Waals surface area (Å²) in [5, 5.41) is 10.0. The second-order valence-corrected chi connectivity index (χ2v) is 6.60. The fourth-order valence-corrected chi connectivity index (χ4v) is 3.63. The van der Waals surface area contributed by atoms with Crippen molar-refractivity contribution in [3.8, 4) is 6.07 Å². The molecule has 0 bridgehead atoms. The summed E-state index contributed by atoms with van der Waals surface area (Å²) in [7, 11) is 2.42. The van der Waals surface area contributed by atoms with E-state index in [4.69, 9.17) is 15.2 Å². The number of esters is 2. The monoisotopic (exact) mass is 415 g/mol. The van der Waals surface area contributed by atoms with Crippen LogP contribution in [0.1, 0.15) is 17.0 Å². The van der Waals surface area contributed by atoms with Crippen LogP contribution < -0.4 is 10.6 Å².